The quantitative estimate of drug-likeness (QED) is 0.783. The van der Waals surface area contributed by atoms with E-state index in [0.29, 0.717) is 11.8 Å². The molecule has 88 valence electrons. The number of benzene rings is 1. The van der Waals surface area contributed by atoms with Crippen LogP contribution in [0.2, 0.25) is 0 Å². The predicted octanol–water partition coefficient (Wildman–Crippen LogP) is 2.23. The van der Waals surface area contributed by atoms with Gasteiger partial charge in [-0.3, -0.25) is 4.79 Å². The molecule has 17 heavy (non-hydrogen) atoms. The van der Waals surface area contributed by atoms with E-state index in [1.165, 1.54) is 18.2 Å². The van der Waals surface area contributed by atoms with Gasteiger partial charge in [-0.2, -0.15) is 0 Å². The Balaban J connectivity index is 2.58. The van der Waals surface area contributed by atoms with Gasteiger partial charge in [0.1, 0.15) is 0 Å². The molecule has 0 aliphatic carbocycles. The number of furan rings is 1. The number of aryl methyl sites for hydroxylation is 1. The van der Waals surface area contributed by atoms with Crippen molar-refractivity contribution < 1.29 is 17.6 Å². The highest BCUT2D eigenvalue weighted by Gasteiger charge is 2.23. The number of rotatable bonds is 3. The fraction of sp³-hybridized carbons (Fsp3) is 0.0833. The van der Waals surface area contributed by atoms with Crippen molar-refractivity contribution in [1.82, 2.24) is 0 Å². The lowest BCUT2D eigenvalue weighted by molar-refractivity contribution is 0.109. The first-order chi connectivity index (χ1) is 8.05. The van der Waals surface area contributed by atoms with E-state index in [9.17, 15) is 13.2 Å². The van der Waals surface area contributed by atoms with Crippen LogP contribution in [0.4, 0.5) is 0 Å². The minimum atomic E-state index is -3.68. The Morgan fingerprint density at radius 2 is 1.82 bits per heavy atom. The van der Waals surface area contributed by atoms with Gasteiger partial charge in [0.05, 0.1) is 4.90 Å². The molecule has 2 aromatic rings. The van der Waals surface area contributed by atoms with E-state index < -0.39 is 9.84 Å². The molecule has 0 unspecified atom stereocenters. The van der Waals surface area contributed by atoms with Crippen molar-refractivity contribution in [2.45, 2.75) is 16.9 Å². The minimum absolute atomic E-state index is 0.00263. The standard InChI is InChI=1S/C12H10O4S/c1-9-4-2-3-5-11(9)17(14,15)12-7-6-10(8-13)16-12/h2-8H,1H3. The van der Waals surface area contributed by atoms with Gasteiger partial charge in [0.15, 0.2) is 12.0 Å². The van der Waals surface area contributed by atoms with Crippen LogP contribution in [0.25, 0.3) is 0 Å². The van der Waals surface area contributed by atoms with Crippen molar-refractivity contribution in [2.24, 2.45) is 0 Å². The molecule has 0 aliphatic rings. The van der Waals surface area contributed by atoms with Gasteiger partial charge in [0.2, 0.25) is 14.9 Å². The summed E-state index contributed by atoms with van der Waals surface area (Å²) in [4.78, 5) is 10.6. The Bertz CT molecular complexity index is 653. The summed E-state index contributed by atoms with van der Waals surface area (Å²) >= 11 is 0. The van der Waals surface area contributed by atoms with E-state index >= 15 is 0 Å². The van der Waals surface area contributed by atoms with Crippen molar-refractivity contribution in [3.8, 4) is 0 Å². The topological polar surface area (TPSA) is 64.3 Å². The van der Waals surface area contributed by atoms with Crippen LogP contribution in [0, 0.1) is 6.92 Å². The van der Waals surface area contributed by atoms with Gasteiger partial charge in [-0.25, -0.2) is 8.42 Å². The third-order valence-electron chi connectivity index (χ3n) is 2.37. The van der Waals surface area contributed by atoms with E-state index in [0.717, 1.165) is 0 Å². The summed E-state index contributed by atoms with van der Waals surface area (Å²) in [5, 5.41) is -0.214. The monoisotopic (exact) mass is 250 g/mol. The van der Waals surface area contributed by atoms with Gasteiger partial charge in [0, 0.05) is 0 Å². The van der Waals surface area contributed by atoms with Crippen LogP contribution in [-0.2, 0) is 9.84 Å². The van der Waals surface area contributed by atoms with Gasteiger partial charge < -0.3 is 4.42 Å². The van der Waals surface area contributed by atoms with Crippen molar-refractivity contribution in [2.75, 3.05) is 0 Å². The molecule has 0 saturated heterocycles. The second-order valence-corrected chi connectivity index (χ2v) is 5.39. The van der Waals surface area contributed by atoms with Crippen molar-refractivity contribution in [1.29, 1.82) is 0 Å². The zero-order valence-corrected chi connectivity index (χ0v) is 9.90. The Labute approximate surface area is 98.8 Å². The molecule has 0 spiro atoms. The molecule has 5 heteroatoms. The summed E-state index contributed by atoms with van der Waals surface area (Å²) < 4.78 is 29.3. The molecule has 1 aromatic heterocycles. The second kappa shape index (κ2) is 4.18. The summed E-state index contributed by atoms with van der Waals surface area (Å²) in [6.07, 6.45) is 0.469. The van der Waals surface area contributed by atoms with E-state index in [2.05, 4.69) is 0 Å². The Morgan fingerprint density at radius 1 is 1.12 bits per heavy atom. The SMILES string of the molecule is Cc1ccccc1S(=O)(=O)c1ccc(C=O)o1. The van der Waals surface area contributed by atoms with Crippen LogP contribution in [-0.4, -0.2) is 14.7 Å². The van der Waals surface area contributed by atoms with Crippen molar-refractivity contribution in [3.63, 3.8) is 0 Å². The molecule has 1 heterocycles. The van der Waals surface area contributed by atoms with Crippen LogP contribution >= 0.6 is 0 Å². The molecule has 0 N–H and O–H groups in total. The number of carbonyl (C=O) groups excluding carboxylic acids is 1. The molecule has 0 saturated carbocycles. The number of sulfone groups is 1. The third kappa shape index (κ3) is 2.01. The van der Waals surface area contributed by atoms with Gasteiger partial charge >= 0.3 is 0 Å². The molecule has 4 nitrogen and oxygen atoms in total. The first-order valence-corrected chi connectivity index (χ1v) is 6.40. The van der Waals surface area contributed by atoms with Crippen LogP contribution in [0.15, 0.2) is 50.8 Å². The summed E-state index contributed by atoms with van der Waals surface area (Å²) in [5.74, 6) is -0.00263. The maximum Gasteiger partial charge on any atom is 0.239 e. The zero-order chi connectivity index (χ0) is 12.5. The number of aldehydes is 1. The molecule has 0 aliphatic heterocycles. The lowest BCUT2D eigenvalue weighted by Gasteiger charge is -2.04. The van der Waals surface area contributed by atoms with Gasteiger partial charge in [-0.1, -0.05) is 18.2 Å². The highest BCUT2D eigenvalue weighted by molar-refractivity contribution is 7.91. The molecule has 0 amide bonds. The summed E-state index contributed by atoms with van der Waals surface area (Å²) in [5.41, 5.74) is 0.636. The largest absolute Gasteiger partial charge is 0.442 e. The van der Waals surface area contributed by atoms with Crippen LogP contribution < -0.4 is 0 Å². The highest BCUT2D eigenvalue weighted by Crippen LogP contribution is 2.24. The summed E-state index contributed by atoms with van der Waals surface area (Å²) in [7, 11) is -3.68. The fourth-order valence-corrected chi connectivity index (χ4v) is 2.93. The third-order valence-corrected chi connectivity index (χ3v) is 4.15. The van der Waals surface area contributed by atoms with Crippen LogP contribution in [0.1, 0.15) is 16.1 Å². The molecule has 2 rings (SSSR count). The van der Waals surface area contributed by atoms with Crippen molar-refractivity contribution >= 4 is 16.1 Å². The smallest absolute Gasteiger partial charge is 0.239 e. The highest BCUT2D eigenvalue weighted by atomic mass is 32.2. The Morgan fingerprint density at radius 3 is 2.41 bits per heavy atom. The van der Waals surface area contributed by atoms with E-state index in [-0.39, 0.29) is 15.7 Å². The maximum absolute atomic E-state index is 12.2. The van der Waals surface area contributed by atoms with Crippen LogP contribution in [0.3, 0.4) is 0 Å². The predicted molar refractivity (Wildman–Crippen MR) is 60.7 cm³/mol. The van der Waals surface area contributed by atoms with Gasteiger partial charge in [-0.15, -0.1) is 0 Å². The number of carbonyl (C=O) groups is 1. The normalized spacial score (nSPS) is 11.4. The van der Waals surface area contributed by atoms with Gasteiger partial charge in [0.25, 0.3) is 0 Å². The van der Waals surface area contributed by atoms with Crippen molar-refractivity contribution in [3.05, 3.63) is 47.7 Å². The first-order valence-electron chi connectivity index (χ1n) is 4.91. The number of hydrogen-bond acceptors (Lipinski definition) is 4. The minimum Gasteiger partial charge on any atom is -0.442 e. The maximum atomic E-state index is 12.2. The molecular formula is C12H10O4S. The first kappa shape index (κ1) is 11.6. The summed E-state index contributed by atoms with van der Waals surface area (Å²) in [6.45, 7) is 1.70. The fourth-order valence-electron chi connectivity index (χ4n) is 1.51. The van der Waals surface area contributed by atoms with Gasteiger partial charge in [-0.05, 0) is 30.7 Å². The van der Waals surface area contributed by atoms with Crippen LogP contribution in [0.5, 0.6) is 0 Å². The Hall–Kier alpha value is -1.88. The second-order valence-electron chi connectivity index (χ2n) is 3.54. The molecule has 0 fully saturated rings. The average molecular weight is 250 g/mol. The van der Waals surface area contributed by atoms with E-state index in [1.807, 2.05) is 0 Å². The lowest BCUT2D eigenvalue weighted by Crippen LogP contribution is -2.02. The Kier molecular flexibility index (Phi) is 2.85. The zero-order valence-electron chi connectivity index (χ0n) is 9.08. The molecular weight excluding hydrogens is 240 g/mol. The molecule has 0 atom stereocenters. The lowest BCUT2D eigenvalue weighted by atomic mass is 10.2. The molecule has 0 bridgehead atoms. The van der Waals surface area contributed by atoms with E-state index in [4.69, 9.17) is 4.42 Å². The van der Waals surface area contributed by atoms with E-state index in [1.54, 1.807) is 25.1 Å². The average Bonchev–Trinajstić information content (AvgIpc) is 2.78. The molecule has 1 aromatic carbocycles. The summed E-state index contributed by atoms with van der Waals surface area (Å²) in [6, 6.07) is 9.23. The molecule has 0 radical (unpaired) electrons. The number of hydrogen-bond donors (Lipinski definition) is 0.